The molecule has 0 radical (unpaired) electrons. The third kappa shape index (κ3) is 4.36. The topological polar surface area (TPSA) is 82.5 Å². The highest BCUT2D eigenvalue weighted by Gasteiger charge is 2.42. The molecule has 8 nitrogen and oxygen atoms in total. The van der Waals surface area contributed by atoms with Gasteiger partial charge in [0.2, 0.25) is 11.8 Å². The van der Waals surface area contributed by atoms with Crippen molar-refractivity contribution in [2.24, 2.45) is 0 Å². The van der Waals surface area contributed by atoms with Crippen molar-refractivity contribution < 1.29 is 24.2 Å². The van der Waals surface area contributed by atoms with Crippen LogP contribution in [0.2, 0.25) is 0 Å². The minimum atomic E-state index is -0.403. The van der Waals surface area contributed by atoms with Gasteiger partial charge in [0.1, 0.15) is 5.75 Å². The number of piperazine rings is 1. The third-order valence-corrected chi connectivity index (χ3v) is 6.27. The van der Waals surface area contributed by atoms with E-state index in [-0.39, 0.29) is 24.0 Å². The van der Waals surface area contributed by atoms with Crippen molar-refractivity contribution in [3.63, 3.8) is 0 Å². The summed E-state index contributed by atoms with van der Waals surface area (Å²) in [5, 5.41) is 10.1. The van der Waals surface area contributed by atoms with Gasteiger partial charge in [0.15, 0.2) is 11.5 Å². The van der Waals surface area contributed by atoms with E-state index in [1.807, 2.05) is 30.3 Å². The fourth-order valence-electron chi connectivity index (χ4n) is 4.47. The van der Waals surface area contributed by atoms with Gasteiger partial charge in [-0.05, 0) is 36.2 Å². The van der Waals surface area contributed by atoms with E-state index in [4.69, 9.17) is 9.47 Å². The highest BCUT2D eigenvalue weighted by Crippen LogP contribution is 2.30. The summed E-state index contributed by atoms with van der Waals surface area (Å²) in [7, 11) is 3.17. The number of aromatic hydroxyl groups is 1. The first kappa shape index (κ1) is 22.0. The fourth-order valence-corrected chi connectivity index (χ4v) is 4.47. The van der Waals surface area contributed by atoms with E-state index in [0.717, 1.165) is 11.3 Å². The Morgan fingerprint density at radius 1 is 0.969 bits per heavy atom. The minimum absolute atomic E-state index is 0.119. The molecular weight excluding hydrogens is 410 g/mol. The SMILES string of the molecule is COc1ccc(CCN2C(=O)CC(N3CCN(c4ccccc4O)CC3)C2=O)cc1OC. The predicted octanol–water partition coefficient (Wildman–Crippen LogP) is 1.90. The molecule has 2 amide bonds. The number of hydrogen-bond acceptors (Lipinski definition) is 7. The highest BCUT2D eigenvalue weighted by molar-refractivity contribution is 6.05. The van der Waals surface area contributed by atoms with Crippen molar-refractivity contribution in [2.45, 2.75) is 18.9 Å². The van der Waals surface area contributed by atoms with Crippen molar-refractivity contribution in [1.82, 2.24) is 9.80 Å². The highest BCUT2D eigenvalue weighted by atomic mass is 16.5. The maximum absolute atomic E-state index is 13.0. The number of anilines is 1. The molecule has 1 atom stereocenters. The molecule has 170 valence electrons. The fraction of sp³-hybridized carbons (Fsp3) is 0.417. The second-order valence-electron chi connectivity index (χ2n) is 8.05. The molecule has 2 saturated heterocycles. The van der Waals surface area contributed by atoms with Crippen molar-refractivity contribution in [1.29, 1.82) is 0 Å². The molecule has 1 N–H and O–H groups in total. The van der Waals surface area contributed by atoms with Crippen LogP contribution in [0.25, 0.3) is 0 Å². The molecule has 2 aliphatic rings. The lowest BCUT2D eigenvalue weighted by Crippen LogP contribution is -2.52. The van der Waals surface area contributed by atoms with Gasteiger partial charge in [0, 0.05) is 32.7 Å². The largest absolute Gasteiger partial charge is 0.506 e. The van der Waals surface area contributed by atoms with E-state index in [1.54, 1.807) is 26.4 Å². The van der Waals surface area contributed by atoms with Crippen molar-refractivity contribution >= 4 is 17.5 Å². The van der Waals surface area contributed by atoms with Gasteiger partial charge < -0.3 is 19.5 Å². The number of rotatable bonds is 7. The van der Waals surface area contributed by atoms with Gasteiger partial charge in [0.25, 0.3) is 0 Å². The van der Waals surface area contributed by atoms with Crippen LogP contribution < -0.4 is 14.4 Å². The van der Waals surface area contributed by atoms with Crippen LogP contribution >= 0.6 is 0 Å². The summed E-state index contributed by atoms with van der Waals surface area (Å²) >= 11 is 0. The first-order valence-electron chi connectivity index (χ1n) is 10.8. The zero-order chi connectivity index (χ0) is 22.7. The Balaban J connectivity index is 1.35. The molecule has 2 aromatic carbocycles. The quantitative estimate of drug-likeness (QED) is 0.660. The normalized spacial score (nSPS) is 19.5. The summed E-state index contributed by atoms with van der Waals surface area (Å²) in [5.41, 5.74) is 1.78. The van der Waals surface area contributed by atoms with E-state index < -0.39 is 6.04 Å². The maximum atomic E-state index is 13.0. The number of carbonyl (C=O) groups is 2. The molecule has 0 aliphatic carbocycles. The molecule has 0 saturated carbocycles. The van der Waals surface area contributed by atoms with Crippen LogP contribution in [0.1, 0.15) is 12.0 Å². The number of phenolic OH excluding ortho intramolecular Hbond substituents is 1. The van der Waals surface area contributed by atoms with Gasteiger partial charge in [-0.15, -0.1) is 0 Å². The van der Waals surface area contributed by atoms with Crippen LogP contribution in [0.5, 0.6) is 17.2 Å². The lowest BCUT2D eigenvalue weighted by atomic mass is 10.1. The molecule has 32 heavy (non-hydrogen) atoms. The smallest absolute Gasteiger partial charge is 0.247 e. The van der Waals surface area contributed by atoms with Crippen molar-refractivity contribution in [2.75, 3.05) is 51.8 Å². The standard InChI is InChI=1S/C24H29N3O5/c1-31-21-8-7-17(15-22(21)32-2)9-10-27-23(29)16-19(24(27)30)26-13-11-25(12-14-26)18-5-3-4-6-20(18)28/h3-8,15,19,28H,9-14,16H2,1-2H3. The molecular formula is C24H29N3O5. The Kier molecular flexibility index (Phi) is 6.50. The zero-order valence-electron chi connectivity index (χ0n) is 18.5. The maximum Gasteiger partial charge on any atom is 0.247 e. The second-order valence-corrected chi connectivity index (χ2v) is 8.05. The molecule has 2 heterocycles. The Hall–Kier alpha value is -3.26. The number of amides is 2. The van der Waals surface area contributed by atoms with Crippen LogP contribution in [-0.4, -0.2) is 79.7 Å². The molecule has 4 rings (SSSR count). The summed E-state index contributed by atoms with van der Waals surface area (Å²) in [6.07, 6.45) is 0.785. The molecule has 8 heteroatoms. The number of methoxy groups -OCH3 is 2. The van der Waals surface area contributed by atoms with Gasteiger partial charge in [-0.2, -0.15) is 0 Å². The number of nitrogens with zero attached hydrogens (tertiary/aromatic N) is 3. The number of imide groups is 1. The first-order valence-corrected chi connectivity index (χ1v) is 10.8. The van der Waals surface area contributed by atoms with Gasteiger partial charge >= 0.3 is 0 Å². The third-order valence-electron chi connectivity index (χ3n) is 6.27. The minimum Gasteiger partial charge on any atom is -0.506 e. The molecule has 0 spiro atoms. The van der Waals surface area contributed by atoms with Gasteiger partial charge in [-0.1, -0.05) is 18.2 Å². The van der Waals surface area contributed by atoms with E-state index in [1.165, 1.54) is 4.90 Å². The van der Waals surface area contributed by atoms with E-state index >= 15 is 0 Å². The Bertz CT molecular complexity index is 987. The molecule has 2 aliphatic heterocycles. The van der Waals surface area contributed by atoms with E-state index in [9.17, 15) is 14.7 Å². The van der Waals surface area contributed by atoms with Crippen LogP contribution in [0.4, 0.5) is 5.69 Å². The zero-order valence-corrected chi connectivity index (χ0v) is 18.5. The summed E-state index contributed by atoms with van der Waals surface area (Å²) in [6.45, 7) is 3.08. The number of para-hydroxylation sites is 2. The molecule has 0 aromatic heterocycles. The monoisotopic (exact) mass is 439 g/mol. The van der Waals surface area contributed by atoms with Gasteiger partial charge in [-0.25, -0.2) is 0 Å². The summed E-state index contributed by atoms with van der Waals surface area (Å²) in [4.78, 5) is 31.2. The average Bonchev–Trinajstić information content (AvgIpc) is 3.11. The van der Waals surface area contributed by atoms with Gasteiger partial charge in [-0.3, -0.25) is 19.4 Å². The number of hydrogen-bond donors (Lipinski definition) is 1. The first-order chi connectivity index (χ1) is 15.5. The Labute approximate surface area is 187 Å². The van der Waals surface area contributed by atoms with E-state index in [2.05, 4.69) is 9.80 Å². The summed E-state index contributed by atoms with van der Waals surface area (Å²) < 4.78 is 10.6. The number of phenols is 1. The van der Waals surface area contributed by atoms with Gasteiger partial charge in [0.05, 0.1) is 32.4 Å². The second kappa shape index (κ2) is 9.48. The molecule has 0 bridgehead atoms. The molecule has 2 fully saturated rings. The molecule has 2 aromatic rings. The predicted molar refractivity (Wildman–Crippen MR) is 120 cm³/mol. The summed E-state index contributed by atoms with van der Waals surface area (Å²) in [6, 6.07) is 12.5. The van der Waals surface area contributed by atoms with E-state index in [0.29, 0.717) is 50.6 Å². The van der Waals surface area contributed by atoms with Crippen LogP contribution in [0.15, 0.2) is 42.5 Å². The number of likely N-dealkylation sites (tertiary alicyclic amines) is 1. The Morgan fingerprint density at radius 3 is 2.38 bits per heavy atom. The number of benzene rings is 2. The molecule has 1 unspecified atom stereocenters. The average molecular weight is 440 g/mol. The number of ether oxygens (including phenoxy) is 2. The van der Waals surface area contributed by atoms with Crippen LogP contribution in [0.3, 0.4) is 0 Å². The summed E-state index contributed by atoms with van der Waals surface area (Å²) in [5.74, 6) is 1.29. The van der Waals surface area contributed by atoms with Crippen LogP contribution in [-0.2, 0) is 16.0 Å². The lowest BCUT2D eigenvalue weighted by Gasteiger charge is -2.38. The lowest BCUT2D eigenvalue weighted by molar-refractivity contribution is -0.139. The van der Waals surface area contributed by atoms with Crippen LogP contribution in [0, 0.1) is 0 Å². The van der Waals surface area contributed by atoms with Crippen molar-refractivity contribution in [3.05, 3.63) is 48.0 Å². The number of carbonyl (C=O) groups excluding carboxylic acids is 2. The Morgan fingerprint density at radius 2 is 1.69 bits per heavy atom. The van der Waals surface area contributed by atoms with Crippen molar-refractivity contribution in [3.8, 4) is 17.2 Å².